The van der Waals surface area contributed by atoms with Crippen LogP contribution < -0.4 is 10.1 Å². The molecule has 7 heteroatoms. The number of morpholine rings is 1. The fraction of sp³-hybridized carbons (Fsp3) is 0.364. The number of nitrogens with zero attached hydrogens (tertiary/aromatic N) is 2. The van der Waals surface area contributed by atoms with Gasteiger partial charge in [-0.3, -0.25) is 9.69 Å². The van der Waals surface area contributed by atoms with Gasteiger partial charge in [0.1, 0.15) is 5.75 Å². The van der Waals surface area contributed by atoms with Gasteiger partial charge in [-0.2, -0.15) is 0 Å². The van der Waals surface area contributed by atoms with E-state index in [1.165, 1.54) is 16.9 Å². The van der Waals surface area contributed by atoms with Gasteiger partial charge in [0, 0.05) is 19.6 Å². The van der Waals surface area contributed by atoms with Crippen LogP contribution in [0.4, 0.5) is 5.13 Å². The normalized spacial score (nSPS) is 17.3. The van der Waals surface area contributed by atoms with Crippen LogP contribution in [0.15, 0.2) is 48.5 Å². The first-order chi connectivity index (χ1) is 14.2. The molecule has 1 unspecified atom stereocenters. The molecule has 6 nitrogen and oxygen atoms in total. The highest BCUT2D eigenvalue weighted by atomic mass is 32.1. The maximum absolute atomic E-state index is 12.5. The Bertz CT molecular complexity index is 960. The summed E-state index contributed by atoms with van der Waals surface area (Å²) in [5, 5.41) is 3.53. The Morgan fingerprint density at radius 1 is 1.31 bits per heavy atom. The monoisotopic (exact) mass is 411 g/mol. The second-order valence-electron chi connectivity index (χ2n) is 7.05. The van der Waals surface area contributed by atoms with E-state index in [1.807, 2.05) is 31.2 Å². The van der Waals surface area contributed by atoms with Crippen LogP contribution >= 0.6 is 11.3 Å². The summed E-state index contributed by atoms with van der Waals surface area (Å²) in [7, 11) is 0. The molecule has 0 saturated carbocycles. The van der Waals surface area contributed by atoms with Crippen molar-refractivity contribution in [3.8, 4) is 5.75 Å². The summed E-state index contributed by atoms with van der Waals surface area (Å²) >= 11 is 1.46. The predicted molar refractivity (Wildman–Crippen MR) is 115 cm³/mol. The van der Waals surface area contributed by atoms with Crippen LogP contribution in [0, 0.1) is 0 Å². The van der Waals surface area contributed by atoms with Crippen molar-refractivity contribution in [3.05, 3.63) is 54.1 Å². The van der Waals surface area contributed by atoms with Crippen LogP contribution in [0.1, 0.15) is 18.9 Å². The zero-order valence-electron chi connectivity index (χ0n) is 16.5. The molecule has 1 aliphatic heterocycles. The minimum atomic E-state index is -0.105. The number of hydrogen-bond acceptors (Lipinski definition) is 6. The van der Waals surface area contributed by atoms with Crippen molar-refractivity contribution in [2.45, 2.75) is 26.0 Å². The smallest absolute Gasteiger partial charge is 0.228 e. The third-order valence-corrected chi connectivity index (χ3v) is 5.74. The van der Waals surface area contributed by atoms with E-state index < -0.39 is 0 Å². The van der Waals surface area contributed by atoms with Gasteiger partial charge < -0.3 is 14.8 Å². The molecule has 29 heavy (non-hydrogen) atoms. The maximum atomic E-state index is 12.5. The van der Waals surface area contributed by atoms with Gasteiger partial charge in [0.2, 0.25) is 5.91 Å². The summed E-state index contributed by atoms with van der Waals surface area (Å²) in [6.45, 7) is 5.73. The minimum absolute atomic E-state index is 0.0688. The SMILES string of the molecule is CCOc1ccc2nc(NC(=O)CC3CN(Cc4ccccc4)CCO3)sc2c1. The second-order valence-corrected chi connectivity index (χ2v) is 8.08. The molecule has 1 aliphatic rings. The molecule has 0 bridgehead atoms. The lowest BCUT2D eigenvalue weighted by Crippen LogP contribution is -2.43. The van der Waals surface area contributed by atoms with Crippen LogP contribution in [0.3, 0.4) is 0 Å². The molecule has 1 fully saturated rings. The highest BCUT2D eigenvalue weighted by molar-refractivity contribution is 7.22. The summed E-state index contributed by atoms with van der Waals surface area (Å²) in [4.78, 5) is 19.4. The summed E-state index contributed by atoms with van der Waals surface area (Å²) in [6, 6.07) is 16.1. The van der Waals surface area contributed by atoms with Gasteiger partial charge in [0.25, 0.3) is 0 Å². The number of nitrogens with one attached hydrogen (secondary N) is 1. The molecule has 1 amide bonds. The van der Waals surface area contributed by atoms with Crippen molar-refractivity contribution in [3.63, 3.8) is 0 Å². The lowest BCUT2D eigenvalue weighted by Gasteiger charge is -2.32. The molecule has 0 radical (unpaired) electrons. The van der Waals surface area contributed by atoms with E-state index in [1.54, 1.807) is 0 Å². The predicted octanol–water partition coefficient (Wildman–Crippen LogP) is 3.92. The lowest BCUT2D eigenvalue weighted by atomic mass is 10.1. The number of ether oxygens (including phenoxy) is 2. The van der Waals surface area contributed by atoms with Gasteiger partial charge in [-0.1, -0.05) is 41.7 Å². The van der Waals surface area contributed by atoms with Gasteiger partial charge in [-0.05, 0) is 30.7 Å². The number of benzene rings is 2. The minimum Gasteiger partial charge on any atom is -0.494 e. The van der Waals surface area contributed by atoms with E-state index in [-0.39, 0.29) is 12.0 Å². The Morgan fingerprint density at radius 3 is 3.00 bits per heavy atom. The van der Waals surface area contributed by atoms with Gasteiger partial charge in [0.15, 0.2) is 5.13 Å². The van der Waals surface area contributed by atoms with E-state index in [0.717, 1.165) is 35.6 Å². The molecule has 152 valence electrons. The molecule has 4 rings (SSSR count). The molecular formula is C22H25N3O3S. The zero-order valence-corrected chi connectivity index (χ0v) is 17.3. The molecule has 1 aromatic heterocycles. The largest absolute Gasteiger partial charge is 0.494 e. The number of fused-ring (bicyclic) bond motifs is 1. The highest BCUT2D eigenvalue weighted by Gasteiger charge is 2.23. The molecule has 3 aromatic rings. The number of carbonyl (C=O) groups is 1. The molecule has 2 heterocycles. The molecule has 1 atom stereocenters. The quantitative estimate of drug-likeness (QED) is 0.638. The van der Waals surface area contributed by atoms with Crippen LogP contribution in [-0.2, 0) is 16.1 Å². The van der Waals surface area contributed by atoms with Crippen LogP contribution in [0.5, 0.6) is 5.75 Å². The first kappa shape index (κ1) is 19.8. The van der Waals surface area contributed by atoms with Crippen LogP contribution in [0.2, 0.25) is 0 Å². The lowest BCUT2D eigenvalue weighted by molar-refractivity contribution is -0.121. The Kier molecular flexibility index (Phi) is 6.39. The van der Waals surface area contributed by atoms with Crippen molar-refractivity contribution >= 4 is 32.6 Å². The average Bonchev–Trinajstić information content (AvgIpc) is 3.10. The highest BCUT2D eigenvalue weighted by Crippen LogP contribution is 2.29. The number of hydrogen-bond donors (Lipinski definition) is 1. The second kappa shape index (κ2) is 9.35. The molecule has 0 spiro atoms. The number of carbonyl (C=O) groups excluding carboxylic acids is 1. The van der Waals surface area contributed by atoms with E-state index in [2.05, 4.69) is 39.5 Å². The third-order valence-electron chi connectivity index (χ3n) is 4.80. The fourth-order valence-corrected chi connectivity index (χ4v) is 4.39. The van der Waals surface area contributed by atoms with Crippen molar-refractivity contribution in [1.29, 1.82) is 0 Å². The van der Waals surface area contributed by atoms with Crippen molar-refractivity contribution < 1.29 is 14.3 Å². The van der Waals surface area contributed by atoms with Crippen molar-refractivity contribution in [1.82, 2.24) is 9.88 Å². The Labute approximate surface area is 174 Å². The third kappa shape index (κ3) is 5.32. The molecule has 1 saturated heterocycles. The molecule has 2 aromatic carbocycles. The topological polar surface area (TPSA) is 63.7 Å². The number of amides is 1. The summed E-state index contributed by atoms with van der Waals surface area (Å²) in [5.41, 5.74) is 2.13. The molecule has 0 aliphatic carbocycles. The average molecular weight is 412 g/mol. The van der Waals surface area contributed by atoms with Gasteiger partial charge >= 0.3 is 0 Å². The first-order valence-electron chi connectivity index (χ1n) is 9.90. The number of anilines is 1. The van der Waals surface area contributed by atoms with Crippen molar-refractivity contribution in [2.75, 3.05) is 31.6 Å². The summed E-state index contributed by atoms with van der Waals surface area (Å²) in [6.07, 6.45) is 0.220. The first-order valence-corrected chi connectivity index (χ1v) is 10.7. The summed E-state index contributed by atoms with van der Waals surface area (Å²) < 4.78 is 12.3. The number of thiazole rings is 1. The van der Waals surface area contributed by atoms with Gasteiger partial charge in [-0.25, -0.2) is 4.98 Å². The standard InChI is InChI=1S/C22H25N3O3S/c1-2-27-17-8-9-19-20(12-17)29-22(23-19)24-21(26)13-18-15-25(10-11-28-18)14-16-6-4-3-5-7-16/h3-9,12,18H,2,10-11,13-15H2,1H3,(H,23,24,26). The molecular weight excluding hydrogens is 386 g/mol. The molecule has 1 N–H and O–H groups in total. The van der Waals surface area contributed by atoms with E-state index in [4.69, 9.17) is 9.47 Å². The Morgan fingerprint density at radius 2 is 2.17 bits per heavy atom. The zero-order chi connectivity index (χ0) is 20.1. The Balaban J connectivity index is 1.32. The van der Waals surface area contributed by atoms with E-state index in [9.17, 15) is 4.79 Å². The van der Waals surface area contributed by atoms with Gasteiger partial charge in [0.05, 0.1) is 36.0 Å². The van der Waals surface area contributed by atoms with Crippen LogP contribution in [-0.4, -0.2) is 48.2 Å². The Hall–Kier alpha value is -2.48. The van der Waals surface area contributed by atoms with E-state index >= 15 is 0 Å². The maximum Gasteiger partial charge on any atom is 0.228 e. The van der Waals surface area contributed by atoms with Crippen molar-refractivity contribution in [2.24, 2.45) is 0 Å². The van der Waals surface area contributed by atoms with Crippen LogP contribution in [0.25, 0.3) is 10.2 Å². The number of aromatic nitrogens is 1. The van der Waals surface area contributed by atoms with Gasteiger partial charge in [-0.15, -0.1) is 0 Å². The van der Waals surface area contributed by atoms with E-state index in [0.29, 0.717) is 24.8 Å². The number of rotatable bonds is 7. The summed E-state index contributed by atoms with van der Waals surface area (Å²) in [5.74, 6) is 0.747. The fourth-order valence-electron chi connectivity index (χ4n) is 3.48.